The molecule has 4 nitrogen and oxygen atoms in total. The molecule has 2 aliphatic carbocycles. The maximum absolute atomic E-state index is 4.39. The lowest BCUT2D eigenvalue weighted by Gasteiger charge is -2.26. The summed E-state index contributed by atoms with van der Waals surface area (Å²) in [6, 6.07) is 1.09. The predicted molar refractivity (Wildman–Crippen MR) is 69.1 cm³/mol. The summed E-state index contributed by atoms with van der Waals surface area (Å²) in [4.78, 5) is 0. The first-order valence-corrected chi connectivity index (χ1v) is 7.49. The molecular weight excluding hydrogens is 224 g/mol. The highest BCUT2D eigenvalue weighted by atomic mass is 15.3. The number of aromatic nitrogens is 3. The standard InChI is InChI=1S/C14H22N4/c1-9(14-17-16-13-3-2-6-18(13)14)15-12-8-10-4-5-11(12)7-10/h9-12,15H,2-8H2,1H3. The van der Waals surface area contributed by atoms with E-state index in [0.29, 0.717) is 6.04 Å². The van der Waals surface area contributed by atoms with E-state index in [1.807, 2.05) is 0 Å². The molecule has 3 aliphatic rings. The molecule has 4 unspecified atom stereocenters. The van der Waals surface area contributed by atoms with Crippen LogP contribution in [-0.2, 0) is 13.0 Å². The van der Waals surface area contributed by atoms with Crippen LogP contribution in [0.25, 0.3) is 0 Å². The Labute approximate surface area is 108 Å². The second kappa shape index (κ2) is 4.05. The van der Waals surface area contributed by atoms with Crippen LogP contribution < -0.4 is 5.32 Å². The minimum atomic E-state index is 0.355. The highest BCUT2D eigenvalue weighted by Crippen LogP contribution is 2.45. The molecule has 4 rings (SSSR count). The van der Waals surface area contributed by atoms with Gasteiger partial charge in [0.05, 0.1) is 6.04 Å². The van der Waals surface area contributed by atoms with Crippen LogP contribution in [0.15, 0.2) is 0 Å². The summed E-state index contributed by atoms with van der Waals surface area (Å²) in [5.41, 5.74) is 0. The van der Waals surface area contributed by atoms with Gasteiger partial charge in [0.15, 0.2) is 0 Å². The fourth-order valence-electron chi connectivity index (χ4n) is 4.34. The summed E-state index contributed by atoms with van der Waals surface area (Å²) in [6.45, 7) is 3.36. The smallest absolute Gasteiger partial charge is 0.149 e. The molecule has 0 aromatic carbocycles. The van der Waals surface area contributed by atoms with Gasteiger partial charge in [-0.15, -0.1) is 10.2 Å². The zero-order chi connectivity index (χ0) is 12.1. The van der Waals surface area contributed by atoms with Crippen LogP contribution in [-0.4, -0.2) is 20.8 Å². The maximum atomic E-state index is 4.39. The van der Waals surface area contributed by atoms with Crippen LogP contribution in [0.3, 0.4) is 0 Å². The van der Waals surface area contributed by atoms with Gasteiger partial charge in [-0.2, -0.15) is 0 Å². The maximum Gasteiger partial charge on any atom is 0.149 e. The second-order valence-electron chi connectivity index (χ2n) is 6.40. The second-order valence-corrected chi connectivity index (χ2v) is 6.40. The number of rotatable bonds is 3. The summed E-state index contributed by atoms with van der Waals surface area (Å²) in [5.74, 6) is 4.28. The van der Waals surface area contributed by atoms with Crippen molar-refractivity contribution in [1.82, 2.24) is 20.1 Å². The topological polar surface area (TPSA) is 42.7 Å². The molecule has 2 heterocycles. The fourth-order valence-corrected chi connectivity index (χ4v) is 4.34. The number of nitrogens with zero attached hydrogens (tertiary/aromatic N) is 3. The van der Waals surface area contributed by atoms with Crippen molar-refractivity contribution in [2.45, 2.75) is 64.1 Å². The van der Waals surface area contributed by atoms with Crippen LogP contribution in [0.2, 0.25) is 0 Å². The Morgan fingerprint density at radius 1 is 1.28 bits per heavy atom. The molecule has 2 fully saturated rings. The van der Waals surface area contributed by atoms with Crippen LogP contribution in [0.1, 0.15) is 56.7 Å². The van der Waals surface area contributed by atoms with E-state index in [1.54, 1.807) is 0 Å². The van der Waals surface area contributed by atoms with E-state index < -0.39 is 0 Å². The first-order chi connectivity index (χ1) is 8.81. The molecule has 98 valence electrons. The van der Waals surface area contributed by atoms with Crippen molar-refractivity contribution in [3.8, 4) is 0 Å². The average molecular weight is 246 g/mol. The minimum Gasteiger partial charge on any atom is -0.314 e. The van der Waals surface area contributed by atoms with Crippen LogP contribution in [0.4, 0.5) is 0 Å². The van der Waals surface area contributed by atoms with Crippen LogP contribution >= 0.6 is 0 Å². The van der Waals surface area contributed by atoms with Crippen molar-refractivity contribution in [1.29, 1.82) is 0 Å². The van der Waals surface area contributed by atoms with E-state index in [4.69, 9.17) is 0 Å². The third-order valence-electron chi connectivity index (χ3n) is 5.23. The van der Waals surface area contributed by atoms with E-state index in [2.05, 4.69) is 27.0 Å². The van der Waals surface area contributed by atoms with Gasteiger partial charge in [-0.3, -0.25) is 0 Å². The predicted octanol–water partition coefficient (Wildman–Crippen LogP) is 2.06. The summed E-state index contributed by atoms with van der Waals surface area (Å²) in [5, 5.41) is 12.5. The molecule has 1 N–H and O–H groups in total. The third kappa shape index (κ3) is 1.62. The summed E-state index contributed by atoms with van der Waals surface area (Å²) in [6.07, 6.45) is 8.09. The van der Waals surface area contributed by atoms with Gasteiger partial charge in [0, 0.05) is 19.0 Å². The molecule has 0 radical (unpaired) electrons. The molecule has 18 heavy (non-hydrogen) atoms. The van der Waals surface area contributed by atoms with Gasteiger partial charge in [0.25, 0.3) is 0 Å². The van der Waals surface area contributed by atoms with E-state index in [-0.39, 0.29) is 0 Å². The van der Waals surface area contributed by atoms with Crippen molar-refractivity contribution in [2.24, 2.45) is 11.8 Å². The lowest BCUT2D eigenvalue weighted by Crippen LogP contribution is -2.36. The normalized spacial score (nSPS) is 35.1. The van der Waals surface area contributed by atoms with E-state index >= 15 is 0 Å². The van der Waals surface area contributed by atoms with E-state index in [9.17, 15) is 0 Å². The number of hydrogen-bond acceptors (Lipinski definition) is 3. The van der Waals surface area contributed by atoms with Crippen molar-refractivity contribution >= 4 is 0 Å². The van der Waals surface area contributed by atoms with Crippen LogP contribution in [0.5, 0.6) is 0 Å². The molecule has 4 atom stereocenters. The lowest BCUT2D eigenvalue weighted by molar-refractivity contribution is 0.319. The molecule has 0 saturated heterocycles. The molecule has 0 amide bonds. The zero-order valence-electron chi connectivity index (χ0n) is 11.1. The van der Waals surface area contributed by atoms with Crippen molar-refractivity contribution in [2.75, 3.05) is 0 Å². The highest BCUT2D eigenvalue weighted by Gasteiger charge is 2.40. The van der Waals surface area contributed by atoms with Gasteiger partial charge >= 0.3 is 0 Å². The molecule has 4 heteroatoms. The zero-order valence-corrected chi connectivity index (χ0v) is 11.1. The molecule has 2 bridgehead atoms. The Balaban J connectivity index is 1.48. The first kappa shape index (κ1) is 11.0. The minimum absolute atomic E-state index is 0.355. The van der Waals surface area contributed by atoms with E-state index in [0.717, 1.165) is 36.7 Å². The molecular formula is C14H22N4. The Hall–Kier alpha value is -0.900. The number of fused-ring (bicyclic) bond motifs is 3. The lowest BCUT2D eigenvalue weighted by atomic mass is 9.95. The van der Waals surface area contributed by atoms with Crippen molar-refractivity contribution in [3.63, 3.8) is 0 Å². The Morgan fingerprint density at radius 3 is 3.00 bits per heavy atom. The summed E-state index contributed by atoms with van der Waals surface area (Å²) in [7, 11) is 0. The number of aryl methyl sites for hydroxylation is 1. The molecule has 0 spiro atoms. The van der Waals surface area contributed by atoms with Gasteiger partial charge in [0.2, 0.25) is 0 Å². The Morgan fingerprint density at radius 2 is 2.22 bits per heavy atom. The van der Waals surface area contributed by atoms with Gasteiger partial charge in [0.1, 0.15) is 11.6 Å². The third-order valence-corrected chi connectivity index (χ3v) is 5.23. The van der Waals surface area contributed by atoms with Gasteiger partial charge < -0.3 is 9.88 Å². The van der Waals surface area contributed by atoms with Gasteiger partial charge in [-0.05, 0) is 44.4 Å². The summed E-state index contributed by atoms with van der Waals surface area (Å²) < 4.78 is 2.32. The summed E-state index contributed by atoms with van der Waals surface area (Å²) >= 11 is 0. The average Bonchev–Trinajstić information content (AvgIpc) is 3.09. The van der Waals surface area contributed by atoms with Crippen molar-refractivity contribution < 1.29 is 0 Å². The van der Waals surface area contributed by atoms with Gasteiger partial charge in [-0.25, -0.2) is 0 Å². The molecule has 1 aromatic rings. The SMILES string of the molecule is CC(NC1CC2CCC1C2)c1nnc2n1CCC2. The van der Waals surface area contributed by atoms with Gasteiger partial charge in [-0.1, -0.05) is 6.42 Å². The molecule has 2 saturated carbocycles. The fraction of sp³-hybridized carbons (Fsp3) is 0.857. The van der Waals surface area contributed by atoms with Crippen LogP contribution in [0, 0.1) is 11.8 Å². The Kier molecular flexibility index (Phi) is 2.47. The largest absolute Gasteiger partial charge is 0.314 e. The van der Waals surface area contributed by atoms with E-state index in [1.165, 1.54) is 37.9 Å². The van der Waals surface area contributed by atoms with Crippen molar-refractivity contribution in [3.05, 3.63) is 11.6 Å². The quantitative estimate of drug-likeness (QED) is 0.887. The highest BCUT2D eigenvalue weighted by molar-refractivity contribution is 5.05. The monoisotopic (exact) mass is 246 g/mol. The number of hydrogen-bond donors (Lipinski definition) is 1. The Bertz CT molecular complexity index is 453. The number of nitrogens with one attached hydrogen (secondary N) is 1. The first-order valence-electron chi connectivity index (χ1n) is 7.49. The molecule has 1 aromatic heterocycles. The molecule has 1 aliphatic heterocycles.